The van der Waals surface area contributed by atoms with Gasteiger partial charge in [-0.05, 0) is 6.92 Å². The van der Waals surface area contributed by atoms with Crippen molar-refractivity contribution in [3.05, 3.63) is 11.6 Å². The molecule has 21 heavy (non-hydrogen) atoms. The van der Waals surface area contributed by atoms with E-state index in [1.165, 1.54) is 11.3 Å². The maximum Gasteiger partial charge on any atom is 0.242 e. The molecular weight excluding hydrogens is 288 g/mol. The molecule has 0 aromatic carbocycles. The van der Waals surface area contributed by atoms with E-state index in [-0.39, 0.29) is 5.91 Å². The Bertz CT molecular complexity index is 440. The van der Waals surface area contributed by atoms with Crippen molar-refractivity contribution in [3.8, 4) is 0 Å². The molecule has 1 amide bonds. The molecule has 1 aliphatic rings. The van der Waals surface area contributed by atoms with Gasteiger partial charge in [0.25, 0.3) is 0 Å². The smallest absolute Gasteiger partial charge is 0.242 e. The zero-order valence-electron chi connectivity index (χ0n) is 13.0. The number of methoxy groups -OCH3 is 1. The minimum Gasteiger partial charge on any atom is -0.383 e. The van der Waals surface area contributed by atoms with E-state index < -0.39 is 0 Å². The molecule has 1 aromatic rings. The van der Waals surface area contributed by atoms with Gasteiger partial charge in [0.15, 0.2) is 5.13 Å². The number of carbonyl (C=O) groups excluding carboxylic acids is 1. The lowest BCUT2D eigenvalue weighted by molar-refractivity contribution is -0.120. The Morgan fingerprint density at radius 1 is 1.57 bits per heavy atom. The van der Waals surface area contributed by atoms with E-state index in [4.69, 9.17) is 4.74 Å². The lowest BCUT2D eigenvalue weighted by Gasteiger charge is -2.39. The number of rotatable bonds is 6. The summed E-state index contributed by atoms with van der Waals surface area (Å²) in [5.74, 6) is 0.0995. The Labute approximate surface area is 130 Å². The Balaban J connectivity index is 1.80. The highest BCUT2D eigenvalue weighted by atomic mass is 32.1. The van der Waals surface area contributed by atoms with Crippen LogP contribution in [0.3, 0.4) is 0 Å². The first kappa shape index (κ1) is 16.4. The first-order valence-electron chi connectivity index (χ1n) is 7.23. The molecule has 1 fully saturated rings. The van der Waals surface area contributed by atoms with Gasteiger partial charge in [-0.2, -0.15) is 0 Å². The second kappa shape index (κ2) is 7.84. The number of likely N-dealkylation sites (N-methyl/N-ethyl adjacent to an activating group) is 1. The number of hydrogen-bond acceptors (Lipinski definition) is 6. The second-order valence-electron chi connectivity index (χ2n) is 5.38. The highest BCUT2D eigenvalue weighted by molar-refractivity contribution is 7.13. The van der Waals surface area contributed by atoms with Crippen LogP contribution in [0.1, 0.15) is 6.92 Å². The maximum atomic E-state index is 12.3. The van der Waals surface area contributed by atoms with Crippen LogP contribution in [-0.2, 0) is 9.53 Å². The third kappa shape index (κ3) is 4.47. The number of anilines is 1. The van der Waals surface area contributed by atoms with Gasteiger partial charge in [0, 0.05) is 58.0 Å². The lowest BCUT2D eigenvalue weighted by atomic mass is 10.2. The molecule has 1 aliphatic heterocycles. The average molecular weight is 312 g/mol. The summed E-state index contributed by atoms with van der Waals surface area (Å²) in [6.07, 6.45) is 1.72. The van der Waals surface area contributed by atoms with Crippen molar-refractivity contribution in [2.24, 2.45) is 0 Å². The predicted molar refractivity (Wildman–Crippen MR) is 84.9 cm³/mol. The highest BCUT2D eigenvalue weighted by Gasteiger charge is 2.25. The van der Waals surface area contributed by atoms with Gasteiger partial charge in [0.1, 0.15) is 0 Å². The third-order valence-corrected chi connectivity index (χ3v) is 4.72. The zero-order valence-corrected chi connectivity index (χ0v) is 13.8. The fourth-order valence-corrected chi connectivity index (χ4v) is 3.17. The molecule has 0 spiro atoms. The van der Waals surface area contributed by atoms with Crippen LogP contribution in [0.5, 0.6) is 0 Å². The zero-order chi connectivity index (χ0) is 15.2. The van der Waals surface area contributed by atoms with Crippen LogP contribution in [0.2, 0.25) is 0 Å². The Morgan fingerprint density at radius 3 is 3.00 bits per heavy atom. The van der Waals surface area contributed by atoms with E-state index in [0.29, 0.717) is 12.6 Å². The molecule has 0 saturated carbocycles. The van der Waals surface area contributed by atoms with Crippen LogP contribution in [0, 0.1) is 0 Å². The monoisotopic (exact) mass is 312 g/mol. The number of nitrogens with zero attached hydrogens (tertiary/aromatic N) is 4. The summed E-state index contributed by atoms with van der Waals surface area (Å²) in [7, 11) is 3.52. The van der Waals surface area contributed by atoms with Gasteiger partial charge in [-0.15, -0.1) is 11.3 Å². The molecule has 1 saturated heterocycles. The van der Waals surface area contributed by atoms with Gasteiger partial charge < -0.3 is 4.74 Å². The van der Waals surface area contributed by atoms with Gasteiger partial charge >= 0.3 is 0 Å². The second-order valence-corrected chi connectivity index (χ2v) is 6.25. The van der Waals surface area contributed by atoms with E-state index in [2.05, 4.69) is 21.7 Å². The molecule has 118 valence electrons. The SMILES string of the molecule is COCCN1CCN(CC(=O)N(C)c2nccs2)C[C@@H]1C. The van der Waals surface area contributed by atoms with E-state index in [9.17, 15) is 4.79 Å². The molecule has 0 N–H and O–H groups in total. The van der Waals surface area contributed by atoms with Gasteiger partial charge in [-0.1, -0.05) is 0 Å². The maximum absolute atomic E-state index is 12.3. The van der Waals surface area contributed by atoms with Crippen molar-refractivity contribution < 1.29 is 9.53 Å². The minimum atomic E-state index is 0.0995. The van der Waals surface area contributed by atoms with E-state index in [1.807, 2.05) is 5.38 Å². The third-order valence-electron chi connectivity index (χ3n) is 3.87. The largest absolute Gasteiger partial charge is 0.383 e. The Kier molecular flexibility index (Phi) is 6.10. The molecule has 7 heteroatoms. The van der Waals surface area contributed by atoms with Crippen molar-refractivity contribution in [1.82, 2.24) is 14.8 Å². The average Bonchev–Trinajstić information content (AvgIpc) is 2.99. The van der Waals surface area contributed by atoms with Gasteiger partial charge in [-0.25, -0.2) is 4.98 Å². The van der Waals surface area contributed by atoms with E-state index in [0.717, 1.165) is 37.9 Å². The van der Waals surface area contributed by atoms with Gasteiger partial charge in [-0.3, -0.25) is 19.5 Å². The molecule has 1 aromatic heterocycles. The fourth-order valence-electron chi connectivity index (χ4n) is 2.54. The summed E-state index contributed by atoms with van der Waals surface area (Å²) in [6.45, 7) is 7.20. The standard InChI is InChI=1S/C14H24N4O2S/c1-12-10-17(5-6-18(12)7-8-20-3)11-13(19)16(2)14-15-4-9-21-14/h4,9,12H,5-8,10-11H2,1-3H3/t12-/m0/s1. The van der Waals surface area contributed by atoms with Crippen molar-refractivity contribution >= 4 is 22.4 Å². The number of piperazine rings is 1. The fraction of sp³-hybridized carbons (Fsp3) is 0.714. The summed E-state index contributed by atoms with van der Waals surface area (Å²) in [5.41, 5.74) is 0. The Morgan fingerprint density at radius 2 is 2.38 bits per heavy atom. The number of carbonyl (C=O) groups is 1. The topological polar surface area (TPSA) is 48.9 Å². The van der Waals surface area contributed by atoms with Crippen LogP contribution in [-0.4, -0.2) is 80.2 Å². The predicted octanol–water partition coefficient (Wildman–Crippen LogP) is 0.758. The van der Waals surface area contributed by atoms with Crippen LogP contribution in [0.25, 0.3) is 0 Å². The van der Waals surface area contributed by atoms with Gasteiger partial charge in [0.2, 0.25) is 5.91 Å². The number of thiazole rings is 1. The molecule has 1 atom stereocenters. The van der Waals surface area contributed by atoms with Crippen LogP contribution in [0.4, 0.5) is 5.13 Å². The molecule has 6 nitrogen and oxygen atoms in total. The van der Waals surface area contributed by atoms with Crippen molar-refractivity contribution in [2.75, 3.05) is 58.4 Å². The number of aromatic nitrogens is 1. The molecule has 0 aliphatic carbocycles. The summed E-state index contributed by atoms with van der Waals surface area (Å²) in [6, 6.07) is 0.451. The first-order chi connectivity index (χ1) is 10.1. The van der Waals surface area contributed by atoms with Gasteiger partial charge in [0.05, 0.1) is 13.2 Å². The summed E-state index contributed by atoms with van der Waals surface area (Å²) in [4.78, 5) is 22.7. The molecule has 0 radical (unpaired) electrons. The first-order valence-corrected chi connectivity index (χ1v) is 8.11. The molecule has 2 heterocycles. The molecular formula is C14H24N4O2S. The summed E-state index contributed by atoms with van der Waals surface area (Å²) in [5, 5.41) is 2.64. The number of ether oxygens (including phenoxy) is 1. The van der Waals surface area contributed by atoms with Crippen LogP contribution in [0.15, 0.2) is 11.6 Å². The number of hydrogen-bond donors (Lipinski definition) is 0. The summed E-state index contributed by atoms with van der Waals surface area (Å²) < 4.78 is 5.14. The van der Waals surface area contributed by atoms with Crippen molar-refractivity contribution in [2.45, 2.75) is 13.0 Å². The summed E-state index contributed by atoms with van der Waals surface area (Å²) >= 11 is 1.48. The molecule has 2 rings (SSSR count). The molecule has 0 bridgehead atoms. The van der Waals surface area contributed by atoms with Crippen molar-refractivity contribution in [3.63, 3.8) is 0 Å². The Hall–Kier alpha value is -1.02. The highest BCUT2D eigenvalue weighted by Crippen LogP contribution is 2.16. The van der Waals surface area contributed by atoms with E-state index in [1.54, 1.807) is 25.3 Å². The lowest BCUT2D eigenvalue weighted by Crippen LogP contribution is -2.54. The van der Waals surface area contributed by atoms with Crippen LogP contribution >= 0.6 is 11.3 Å². The quantitative estimate of drug-likeness (QED) is 0.776. The number of amides is 1. The molecule has 0 unspecified atom stereocenters. The normalized spacial score (nSPS) is 20.6. The van der Waals surface area contributed by atoms with E-state index >= 15 is 0 Å². The minimum absolute atomic E-state index is 0.0995. The van der Waals surface area contributed by atoms with Crippen molar-refractivity contribution in [1.29, 1.82) is 0 Å². The van der Waals surface area contributed by atoms with Crippen LogP contribution < -0.4 is 4.90 Å².